The van der Waals surface area contributed by atoms with Crippen molar-refractivity contribution in [3.63, 3.8) is 0 Å². The average Bonchev–Trinajstić information content (AvgIpc) is 3.48. The van der Waals surface area contributed by atoms with Gasteiger partial charge >= 0.3 is 0 Å². The van der Waals surface area contributed by atoms with Gasteiger partial charge in [0, 0.05) is 74.1 Å². The van der Waals surface area contributed by atoms with E-state index in [1.54, 1.807) is 35.4 Å². The van der Waals surface area contributed by atoms with Crippen molar-refractivity contribution in [2.24, 2.45) is 7.05 Å². The van der Waals surface area contributed by atoms with Crippen LogP contribution in [0.15, 0.2) is 43.1 Å². The number of amides is 1. The second-order valence-corrected chi connectivity index (χ2v) is 10.2. The standard InChI is InChI=1S/C27H30N8O2/c1-18-9-19(13-29-26(18)34-7-5-33(6-8-34)24(36)11-27(2,3)37)23-10-20(22-15-30-32(4)16-22)17-35-25(23)21(12-28)14-31-35/h9-10,13-17,37H,5-8,11H2,1-4H3. The Morgan fingerprint density at radius 1 is 1.05 bits per heavy atom. The average molecular weight is 499 g/mol. The lowest BCUT2D eigenvalue weighted by molar-refractivity contribution is -0.135. The molecule has 1 amide bonds. The van der Waals surface area contributed by atoms with Crippen molar-refractivity contribution in [1.82, 2.24) is 29.3 Å². The van der Waals surface area contributed by atoms with Gasteiger partial charge in [-0.2, -0.15) is 15.5 Å². The number of aromatic nitrogens is 5. The van der Waals surface area contributed by atoms with Gasteiger partial charge in [-0.15, -0.1) is 0 Å². The first kappa shape index (κ1) is 24.5. The molecule has 0 unspecified atom stereocenters. The predicted molar refractivity (Wildman–Crippen MR) is 140 cm³/mol. The first-order valence-electron chi connectivity index (χ1n) is 12.3. The van der Waals surface area contributed by atoms with Gasteiger partial charge in [0.25, 0.3) is 0 Å². The van der Waals surface area contributed by atoms with Crippen LogP contribution in [0.25, 0.3) is 27.8 Å². The number of carbonyl (C=O) groups is 1. The van der Waals surface area contributed by atoms with Gasteiger partial charge in [-0.3, -0.25) is 9.48 Å². The second-order valence-electron chi connectivity index (χ2n) is 10.2. The summed E-state index contributed by atoms with van der Waals surface area (Å²) in [5, 5.41) is 28.4. The zero-order valence-corrected chi connectivity index (χ0v) is 21.5. The van der Waals surface area contributed by atoms with Gasteiger partial charge in [-0.1, -0.05) is 0 Å². The summed E-state index contributed by atoms with van der Waals surface area (Å²) in [6.07, 6.45) is 9.19. The van der Waals surface area contributed by atoms with E-state index in [-0.39, 0.29) is 12.3 Å². The van der Waals surface area contributed by atoms with Gasteiger partial charge in [0.15, 0.2) is 0 Å². The Hall–Kier alpha value is -4.23. The third-order valence-electron chi connectivity index (χ3n) is 6.65. The Morgan fingerprint density at radius 2 is 1.81 bits per heavy atom. The first-order valence-corrected chi connectivity index (χ1v) is 12.3. The molecule has 37 heavy (non-hydrogen) atoms. The van der Waals surface area contributed by atoms with Crippen LogP contribution in [-0.2, 0) is 11.8 Å². The van der Waals surface area contributed by atoms with Crippen molar-refractivity contribution in [2.45, 2.75) is 32.8 Å². The van der Waals surface area contributed by atoms with E-state index in [1.165, 1.54) is 0 Å². The van der Waals surface area contributed by atoms with Crippen LogP contribution in [0.5, 0.6) is 0 Å². The monoisotopic (exact) mass is 498 g/mol. The number of hydrogen-bond donors (Lipinski definition) is 1. The van der Waals surface area contributed by atoms with Crippen molar-refractivity contribution in [3.05, 3.63) is 54.2 Å². The van der Waals surface area contributed by atoms with Crippen molar-refractivity contribution in [2.75, 3.05) is 31.1 Å². The highest BCUT2D eigenvalue weighted by atomic mass is 16.3. The Kier molecular flexibility index (Phi) is 6.17. The number of aliphatic hydroxyl groups is 1. The number of rotatable bonds is 5. The zero-order chi connectivity index (χ0) is 26.3. The molecular weight excluding hydrogens is 468 g/mol. The second kappa shape index (κ2) is 9.33. The van der Waals surface area contributed by atoms with E-state index >= 15 is 0 Å². The fraction of sp³-hybridized carbons (Fsp3) is 0.370. The van der Waals surface area contributed by atoms with Crippen LogP contribution in [0.3, 0.4) is 0 Å². The van der Waals surface area contributed by atoms with E-state index in [0.29, 0.717) is 31.7 Å². The van der Waals surface area contributed by atoms with Crippen LogP contribution in [-0.4, -0.2) is 72.1 Å². The fourth-order valence-electron chi connectivity index (χ4n) is 4.85. The van der Waals surface area contributed by atoms with E-state index < -0.39 is 5.60 Å². The smallest absolute Gasteiger partial charge is 0.225 e. The quantitative estimate of drug-likeness (QED) is 0.450. The topological polar surface area (TPSA) is 116 Å². The molecule has 1 N–H and O–H groups in total. The lowest BCUT2D eigenvalue weighted by atomic mass is 10.00. The molecule has 0 radical (unpaired) electrons. The predicted octanol–water partition coefficient (Wildman–Crippen LogP) is 2.79. The van der Waals surface area contributed by atoms with E-state index in [4.69, 9.17) is 4.98 Å². The van der Waals surface area contributed by atoms with Crippen LogP contribution in [0.4, 0.5) is 5.82 Å². The third-order valence-corrected chi connectivity index (χ3v) is 6.65. The summed E-state index contributed by atoms with van der Waals surface area (Å²) in [5.41, 5.74) is 4.91. The molecule has 4 aromatic heterocycles. The normalized spacial score (nSPS) is 14.3. The highest BCUT2D eigenvalue weighted by Crippen LogP contribution is 2.33. The minimum Gasteiger partial charge on any atom is -0.390 e. The number of piperazine rings is 1. The molecule has 0 atom stereocenters. The number of anilines is 1. The molecule has 190 valence electrons. The molecule has 0 saturated carbocycles. The number of hydrogen-bond acceptors (Lipinski definition) is 7. The van der Waals surface area contributed by atoms with E-state index in [9.17, 15) is 15.2 Å². The summed E-state index contributed by atoms with van der Waals surface area (Å²) in [4.78, 5) is 21.3. The minimum absolute atomic E-state index is 0.0289. The van der Waals surface area contributed by atoms with Crippen LogP contribution in [0.1, 0.15) is 31.4 Å². The highest BCUT2D eigenvalue weighted by molar-refractivity contribution is 5.88. The lowest BCUT2D eigenvalue weighted by Crippen LogP contribution is -2.50. The summed E-state index contributed by atoms with van der Waals surface area (Å²) < 4.78 is 3.49. The van der Waals surface area contributed by atoms with Crippen molar-refractivity contribution in [3.8, 4) is 28.3 Å². The third kappa shape index (κ3) is 4.90. The number of pyridine rings is 2. The molecule has 1 fully saturated rings. The van der Waals surface area contributed by atoms with Crippen molar-refractivity contribution in [1.29, 1.82) is 5.26 Å². The van der Waals surface area contributed by atoms with Crippen molar-refractivity contribution < 1.29 is 9.90 Å². The zero-order valence-electron chi connectivity index (χ0n) is 21.5. The maximum Gasteiger partial charge on any atom is 0.225 e. The SMILES string of the molecule is Cc1cc(-c2cc(-c3cnn(C)c3)cn3ncc(C#N)c23)cnc1N1CCN(C(=O)CC(C)(C)O)CC1. The Morgan fingerprint density at radius 3 is 2.43 bits per heavy atom. The van der Waals surface area contributed by atoms with Gasteiger partial charge in [-0.05, 0) is 38.5 Å². The summed E-state index contributed by atoms with van der Waals surface area (Å²) in [6, 6.07) is 6.39. The van der Waals surface area contributed by atoms with Gasteiger partial charge in [-0.25, -0.2) is 9.50 Å². The summed E-state index contributed by atoms with van der Waals surface area (Å²) in [7, 11) is 1.87. The molecule has 10 nitrogen and oxygen atoms in total. The molecule has 0 aromatic carbocycles. The molecule has 0 bridgehead atoms. The first-order chi connectivity index (χ1) is 17.6. The number of aryl methyl sites for hydroxylation is 2. The van der Waals surface area contributed by atoms with Gasteiger partial charge in [0.1, 0.15) is 11.9 Å². The molecule has 0 spiro atoms. The van der Waals surface area contributed by atoms with Gasteiger partial charge < -0.3 is 14.9 Å². The van der Waals surface area contributed by atoms with Crippen molar-refractivity contribution >= 4 is 17.2 Å². The Bertz CT molecular complexity index is 1510. The number of nitriles is 1. The number of nitrogens with zero attached hydrogens (tertiary/aromatic N) is 8. The largest absolute Gasteiger partial charge is 0.390 e. The Balaban J connectivity index is 1.44. The minimum atomic E-state index is -1.01. The lowest BCUT2D eigenvalue weighted by Gasteiger charge is -2.37. The molecular formula is C27H30N8O2. The van der Waals surface area contributed by atoms with Crippen LogP contribution < -0.4 is 4.90 Å². The highest BCUT2D eigenvalue weighted by Gasteiger charge is 2.27. The molecule has 1 saturated heterocycles. The molecule has 1 aliphatic heterocycles. The summed E-state index contributed by atoms with van der Waals surface area (Å²) in [5.74, 6) is 0.852. The van der Waals surface area contributed by atoms with Crippen LogP contribution >= 0.6 is 0 Å². The van der Waals surface area contributed by atoms with E-state index in [2.05, 4.69) is 33.3 Å². The van der Waals surface area contributed by atoms with Gasteiger partial charge in [0.05, 0.1) is 35.5 Å². The maximum atomic E-state index is 12.5. The Labute approximate surface area is 215 Å². The fourth-order valence-corrected chi connectivity index (χ4v) is 4.85. The van der Waals surface area contributed by atoms with Crippen LogP contribution in [0, 0.1) is 18.3 Å². The summed E-state index contributed by atoms with van der Waals surface area (Å²) >= 11 is 0. The van der Waals surface area contributed by atoms with Gasteiger partial charge in [0.2, 0.25) is 5.91 Å². The molecule has 1 aliphatic rings. The molecule has 5 rings (SSSR count). The summed E-state index contributed by atoms with van der Waals surface area (Å²) in [6.45, 7) is 7.86. The number of carbonyl (C=O) groups excluding carboxylic acids is 1. The maximum absolute atomic E-state index is 12.5. The molecule has 10 heteroatoms. The molecule has 5 heterocycles. The molecule has 4 aromatic rings. The van der Waals surface area contributed by atoms with E-state index in [1.807, 2.05) is 37.5 Å². The van der Waals surface area contributed by atoms with Crippen LogP contribution in [0.2, 0.25) is 0 Å². The molecule has 0 aliphatic carbocycles. The van der Waals surface area contributed by atoms with E-state index in [0.717, 1.165) is 39.2 Å². The number of fused-ring (bicyclic) bond motifs is 1.